The van der Waals surface area contributed by atoms with Gasteiger partial charge in [0, 0.05) is 30.9 Å². The van der Waals surface area contributed by atoms with Crippen molar-refractivity contribution in [1.82, 2.24) is 4.90 Å². The fourth-order valence-electron chi connectivity index (χ4n) is 1.92. The summed E-state index contributed by atoms with van der Waals surface area (Å²) >= 11 is 0. The molecule has 0 saturated heterocycles. The molecule has 122 valence electrons. The quantitative estimate of drug-likeness (QED) is 0.879. The van der Waals surface area contributed by atoms with E-state index in [-0.39, 0.29) is 17.9 Å². The van der Waals surface area contributed by atoms with Gasteiger partial charge in [-0.05, 0) is 52.3 Å². The van der Waals surface area contributed by atoms with Crippen molar-refractivity contribution < 1.29 is 14.3 Å². The predicted molar refractivity (Wildman–Crippen MR) is 88.1 cm³/mol. The minimum Gasteiger partial charge on any atom is -0.369 e. The van der Waals surface area contributed by atoms with Crippen LogP contribution in [0.3, 0.4) is 0 Å². The van der Waals surface area contributed by atoms with Crippen LogP contribution >= 0.6 is 0 Å². The van der Waals surface area contributed by atoms with E-state index in [9.17, 15) is 9.59 Å². The van der Waals surface area contributed by atoms with E-state index < -0.39 is 6.10 Å². The van der Waals surface area contributed by atoms with Crippen LogP contribution in [0.1, 0.15) is 43.6 Å². The molecule has 0 radical (unpaired) electrons. The number of hydrogen-bond donors (Lipinski definition) is 1. The minimum atomic E-state index is -0.524. The first kappa shape index (κ1) is 18.2. The van der Waals surface area contributed by atoms with Crippen LogP contribution < -0.4 is 5.32 Å². The zero-order chi connectivity index (χ0) is 16.9. The third kappa shape index (κ3) is 4.56. The molecule has 1 N–H and O–H groups in total. The van der Waals surface area contributed by atoms with E-state index in [0.29, 0.717) is 17.9 Å². The summed E-state index contributed by atoms with van der Waals surface area (Å²) < 4.78 is 5.26. The molecule has 0 unspecified atom stereocenters. The van der Waals surface area contributed by atoms with Gasteiger partial charge in [0.15, 0.2) is 0 Å². The lowest BCUT2D eigenvalue weighted by molar-refractivity contribution is -0.126. The summed E-state index contributed by atoms with van der Waals surface area (Å²) in [5, 5.41) is 2.78. The fraction of sp³-hybridized carbons (Fsp3) is 0.529. The summed E-state index contributed by atoms with van der Waals surface area (Å²) in [5.74, 6) is -0.275. The van der Waals surface area contributed by atoms with Gasteiger partial charge in [-0.1, -0.05) is 6.07 Å². The van der Waals surface area contributed by atoms with Crippen molar-refractivity contribution in [3.63, 3.8) is 0 Å². The SMILES string of the molecule is CCO[C@@H](C)C(=O)Nc1ccc(C)c(C(=O)N(C)C(C)C)c1. The number of anilines is 1. The van der Waals surface area contributed by atoms with Gasteiger partial charge in [0.05, 0.1) is 0 Å². The van der Waals surface area contributed by atoms with Crippen LogP contribution in [-0.2, 0) is 9.53 Å². The van der Waals surface area contributed by atoms with E-state index in [1.54, 1.807) is 31.0 Å². The first-order chi connectivity index (χ1) is 10.3. The molecular weight excluding hydrogens is 280 g/mol. The Labute approximate surface area is 132 Å². The number of benzene rings is 1. The first-order valence-corrected chi connectivity index (χ1v) is 7.58. The van der Waals surface area contributed by atoms with Gasteiger partial charge in [0.1, 0.15) is 6.10 Å². The topological polar surface area (TPSA) is 58.6 Å². The number of rotatable bonds is 6. The molecule has 22 heavy (non-hydrogen) atoms. The van der Waals surface area contributed by atoms with Gasteiger partial charge in [-0.25, -0.2) is 0 Å². The lowest BCUT2D eigenvalue weighted by Crippen LogP contribution is -2.33. The Kier molecular flexibility index (Phi) is 6.56. The maximum atomic E-state index is 12.5. The number of amides is 2. The summed E-state index contributed by atoms with van der Waals surface area (Å²) in [7, 11) is 1.77. The van der Waals surface area contributed by atoms with Crippen molar-refractivity contribution in [2.24, 2.45) is 0 Å². The molecule has 0 spiro atoms. The number of hydrogen-bond acceptors (Lipinski definition) is 3. The molecule has 1 atom stereocenters. The Balaban J connectivity index is 2.95. The second-order valence-electron chi connectivity index (χ2n) is 5.63. The third-order valence-electron chi connectivity index (χ3n) is 3.62. The first-order valence-electron chi connectivity index (χ1n) is 7.58. The van der Waals surface area contributed by atoms with E-state index in [1.165, 1.54) is 0 Å². The molecule has 0 heterocycles. The molecule has 0 aliphatic heterocycles. The van der Waals surface area contributed by atoms with E-state index >= 15 is 0 Å². The Hall–Kier alpha value is -1.88. The number of carbonyl (C=O) groups excluding carboxylic acids is 2. The molecule has 0 bridgehead atoms. The van der Waals surface area contributed by atoms with Crippen LogP contribution in [0.15, 0.2) is 18.2 Å². The lowest BCUT2D eigenvalue weighted by atomic mass is 10.1. The van der Waals surface area contributed by atoms with Gasteiger partial charge in [-0.3, -0.25) is 9.59 Å². The summed E-state index contributed by atoms with van der Waals surface area (Å²) in [4.78, 5) is 26.1. The minimum absolute atomic E-state index is 0.0542. The molecule has 0 fully saturated rings. The maximum Gasteiger partial charge on any atom is 0.254 e. The van der Waals surface area contributed by atoms with Crippen molar-refractivity contribution in [2.45, 2.75) is 46.8 Å². The normalized spacial score (nSPS) is 12.1. The number of ether oxygens (including phenoxy) is 1. The highest BCUT2D eigenvalue weighted by Gasteiger charge is 2.18. The highest BCUT2D eigenvalue weighted by atomic mass is 16.5. The van der Waals surface area contributed by atoms with Gasteiger partial charge in [0.2, 0.25) is 0 Å². The van der Waals surface area contributed by atoms with Crippen molar-refractivity contribution in [1.29, 1.82) is 0 Å². The molecule has 5 heteroatoms. The van der Waals surface area contributed by atoms with E-state index in [1.807, 2.05) is 33.8 Å². The average Bonchev–Trinajstić information content (AvgIpc) is 2.47. The molecule has 0 saturated carbocycles. The van der Waals surface area contributed by atoms with Crippen molar-refractivity contribution >= 4 is 17.5 Å². The molecule has 0 aliphatic rings. The highest BCUT2D eigenvalue weighted by molar-refractivity contribution is 5.99. The maximum absolute atomic E-state index is 12.5. The third-order valence-corrected chi connectivity index (χ3v) is 3.62. The number of carbonyl (C=O) groups is 2. The summed E-state index contributed by atoms with van der Waals surface area (Å²) in [6.45, 7) is 9.83. The second kappa shape index (κ2) is 7.94. The average molecular weight is 306 g/mol. The summed E-state index contributed by atoms with van der Waals surface area (Å²) in [6.07, 6.45) is -0.524. The van der Waals surface area contributed by atoms with Crippen LogP contribution in [0, 0.1) is 6.92 Å². The van der Waals surface area contributed by atoms with Crippen molar-refractivity contribution in [3.05, 3.63) is 29.3 Å². The molecular formula is C17H26N2O3. The van der Waals surface area contributed by atoms with Crippen LogP contribution in [0.25, 0.3) is 0 Å². The molecule has 1 aromatic rings. The highest BCUT2D eigenvalue weighted by Crippen LogP contribution is 2.18. The second-order valence-corrected chi connectivity index (χ2v) is 5.63. The standard InChI is InChI=1S/C17H26N2O3/c1-7-22-13(5)16(20)18-14-9-8-12(4)15(10-14)17(21)19(6)11(2)3/h8-11,13H,7H2,1-6H3,(H,18,20)/t13-/m0/s1. The largest absolute Gasteiger partial charge is 0.369 e. The molecule has 0 aromatic heterocycles. The Bertz CT molecular complexity index is 541. The number of aryl methyl sites for hydroxylation is 1. The van der Waals surface area contributed by atoms with Crippen LogP contribution in [0.2, 0.25) is 0 Å². The smallest absolute Gasteiger partial charge is 0.254 e. The lowest BCUT2D eigenvalue weighted by Gasteiger charge is -2.23. The molecule has 1 rings (SSSR count). The zero-order valence-electron chi connectivity index (χ0n) is 14.3. The van der Waals surface area contributed by atoms with Gasteiger partial charge in [-0.2, -0.15) is 0 Å². The Morgan fingerprint density at radius 1 is 1.27 bits per heavy atom. The van der Waals surface area contributed by atoms with Crippen molar-refractivity contribution in [2.75, 3.05) is 19.0 Å². The summed E-state index contributed by atoms with van der Waals surface area (Å²) in [6, 6.07) is 5.45. The molecule has 0 aliphatic carbocycles. The zero-order valence-corrected chi connectivity index (χ0v) is 14.3. The van der Waals surface area contributed by atoms with Gasteiger partial charge in [0.25, 0.3) is 11.8 Å². The predicted octanol–water partition coefficient (Wildman–Crippen LogP) is 2.84. The number of nitrogens with zero attached hydrogens (tertiary/aromatic N) is 1. The van der Waals surface area contributed by atoms with Gasteiger partial charge >= 0.3 is 0 Å². The van der Waals surface area contributed by atoms with Gasteiger partial charge in [-0.15, -0.1) is 0 Å². The molecule has 5 nitrogen and oxygen atoms in total. The fourth-order valence-corrected chi connectivity index (χ4v) is 1.92. The Morgan fingerprint density at radius 2 is 1.91 bits per heavy atom. The van der Waals surface area contributed by atoms with Crippen LogP contribution in [0.4, 0.5) is 5.69 Å². The molecule has 1 aromatic carbocycles. The van der Waals surface area contributed by atoms with Crippen LogP contribution in [0.5, 0.6) is 0 Å². The van der Waals surface area contributed by atoms with Crippen LogP contribution in [-0.4, -0.2) is 42.5 Å². The monoisotopic (exact) mass is 306 g/mol. The Morgan fingerprint density at radius 3 is 2.45 bits per heavy atom. The van der Waals surface area contributed by atoms with E-state index in [2.05, 4.69) is 5.32 Å². The molecule has 2 amide bonds. The van der Waals surface area contributed by atoms with E-state index in [0.717, 1.165) is 5.56 Å². The number of nitrogens with one attached hydrogen (secondary N) is 1. The van der Waals surface area contributed by atoms with Crippen molar-refractivity contribution in [3.8, 4) is 0 Å². The summed E-state index contributed by atoms with van der Waals surface area (Å²) in [5.41, 5.74) is 2.08. The van der Waals surface area contributed by atoms with Gasteiger partial charge < -0.3 is 15.0 Å². The van der Waals surface area contributed by atoms with E-state index in [4.69, 9.17) is 4.74 Å².